The molecule has 5 rings (SSSR count). The van der Waals surface area contributed by atoms with E-state index >= 15 is 0 Å². The van der Waals surface area contributed by atoms with Crippen LogP contribution in [0.2, 0.25) is 5.02 Å². The lowest BCUT2D eigenvalue weighted by Crippen LogP contribution is -2.53. The molecule has 0 spiro atoms. The second-order valence-electron chi connectivity index (χ2n) is 9.33. The van der Waals surface area contributed by atoms with Crippen molar-refractivity contribution in [3.63, 3.8) is 0 Å². The zero-order valence-corrected chi connectivity index (χ0v) is 19.0. The van der Waals surface area contributed by atoms with Crippen molar-refractivity contribution < 1.29 is 19.2 Å². The van der Waals surface area contributed by atoms with Crippen LogP contribution in [0.4, 0.5) is 11.4 Å². The molecule has 9 heteroatoms. The molecule has 1 amide bonds. The monoisotopic (exact) mass is 498 g/mol. The number of carbonyl (C=O) groups is 2. The number of ether oxygens (including phenoxy) is 1. The summed E-state index contributed by atoms with van der Waals surface area (Å²) in [5.74, 6) is 0.457. The number of nitro benzene ring substituents is 1. The van der Waals surface area contributed by atoms with Crippen LogP contribution in [-0.4, -0.2) is 27.2 Å². The number of carbonyl (C=O) groups excluding carboxylic acids is 2. The maximum atomic E-state index is 12.7. The number of non-ortho nitro benzene ring substituents is 1. The van der Waals surface area contributed by atoms with Crippen LogP contribution >= 0.6 is 27.5 Å². The van der Waals surface area contributed by atoms with E-state index in [-0.39, 0.29) is 32.1 Å². The lowest BCUT2D eigenvalue weighted by Gasteiger charge is -2.60. The number of esters is 1. The normalized spacial score (nSPS) is 32.5. The summed E-state index contributed by atoms with van der Waals surface area (Å²) in [6.07, 6.45) is 6.10. The van der Waals surface area contributed by atoms with Crippen molar-refractivity contribution in [2.24, 2.45) is 17.3 Å². The van der Waals surface area contributed by atoms with E-state index in [1.165, 1.54) is 38.3 Å². The van der Waals surface area contributed by atoms with E-state index in [0.717, 1.165) is 25.3 Å². The highest BCUT2D eigenvalue weighted by Crippen LogP contribution is 2.65. The van der Waals surface area contributed by atoms with Crippen molar-refractivity contribution in [1.82, 2.24) is 0 Å². The highest BCUT2D eigenvalue weighted by Gasteiger charge is 2.57. The van der Waals surface area contributed by atoms with Crippen LogP contribution in [-0.2, 0) is 14.3 Å². The van der Waals surface area contributed by atoms with Crippen LogP contribution in [0, 0.1) is 27.4 Å². The van der Waals surface area contributed by atoms with Gasteiger partial charge in [0.1, 0.15) is 0 Å². The van der Waals surface area contributed by atoms with Gasteiger partial charge < -0.3 is 10.1 Å². The molecule has 0 aliphatic heterocycles. The molecule has 162 valence electrons. The Kier molecular flexibility index (Phi) is 5.60. The smallest absolute Gasteiger partial charge is 0.307 e. The van der Waals surface area contributed by atoms with Gasteiger partial charge in [-0.25, -0.2) is 0 Å². The number of nitro groups is 1. The molecular weight excluding hydrogens is 476 g/mol. The van der Waals surface area contributed by atoms with Crippen molar-refractivity contribution in [3.8, 4) is 0 Å². The molecule has 1 aromatic carbocycles. The van der Waals surface area contributed by atoms with E-state index < -0.39 is 16.9 Å². The van der Waals surface area contributed by atoms with Gasteiger partial charge in [-0.05, 0) is 68.8 Å². The number of alkyl halides is 1. The third-order valence-electron chi connectivity index (χ3n) is 6.73. The van der Waals surface area contributed by atoms with Gasteiger partial charge >= 0.3 is 5.97 Å². The molecule has 3 atom stereocenters. The Labute approximate surface area is 188 Å². The molecule has 30 heavy (non-hydrogen) atoms. The predicted molar refractivity (Wildman–Crippen MR) is 116 cm³/mol. The molecule has 1 N–H and O–H groups in total. The quantitative estimate of drug-likeness (QED) is 0.250. The van der Waals surface area contributed by atoms with Crippen molar-refractivity contribution in [3.05, 3.63) is 33.3 Å². The summed E-state index contributed by atoms with van der Waals surface area (Å²) in [6.45, 7) is 1.51. The van der Waals surface area contributed by atoms with Crippen molar-refractivity contribution in [2.75, 3.05) is 5.32 Å². The summed E-state index contributed by atoms with van der Waals surface area (Å²) in [7, 11) is 0. The lowest BCUT2D eigenvalue weighted by molar-refractivity contribution is -0.384. The third-order valence-corrected chi connectivity index (χ3v) is 7.97. The van der Waals surface area contributed by atoms with Crippen molar-refractivity contribution >= 4 is 50.8 Å². The Morgan fingerprint density at radius 3 is 2.57 bits per heavy atom. The number of nitrogens with one attached hydrogen (secondary N) is 1. The maximum Gasteiger partial charge on any atom is 0.307 e. The predicted octanol–water partition coefficient (Wildman–Crippen LogP) is 5.24. The summed E-state index contributed by atoms with van der Waals surface area (Å²) in [5.41, 5.74) is 0.0396. The number of amides is 1. The highest BCUT2D eigenvalue weighted by molar-refractivity contribution is 9.10. The van der Waals surface area contributed by atoms with Gasteiger partial charge in [-0.2, -0.15) is 0 Å². The number of benzene rings is 1. The van der Waals surface area contributed by atoms with Crippen LogP contribution < -0.4 is 5.32 Å². The van der Waals surface area contributed by atoms with Gasteiger partial charge in [-0.15, -0.1) is 0 Å². The fourth-order valence-corrected chi connectivity index (χ4v) is 7.83. The number of hydrogen-bond donors (Lipinski definition) is 1. The van der Waals surface area contributed by atoms with E-state index in [9.17, 15) is 19.7 Å². The minimum absolute atomic E-state index is 0.0253. The van der Waals surface area contributed by atoms with Crippen LogP contribution in [0.5, 0.6) is 0 Å². The molecule has 4 aliphatic rings. The van der Waals surface area contributed by atoms with Crippen LogP contribution in [0.25, 0.3) is 0 Å². The fourth-order valence-electron chi connectivity index (χ4n) is 6.09. The number of halogens is 2. The van der Waals surface area contributed by atoms with Crippen molar-refractivity contribution in [1.29, 1.82) is 0 Å². The van der Waals surface area contributed by atoms with E-state index in [0.29, 0.717) is 18.3 Å². The molecule has 0 heterocycles. The number of rotatable bonds is 6. The SMILES string of the molecule is CC(OC(=O)CC12CC3CC(CC(Br)(C3)C1)C2)C(=O)Nc1ccc([N+](=O)[O-])cc1Cl. The Morgan fingerprint density at radius 2 is 2.00 bits per heavy atom. The number of anilines is 1. The highest BCUT2D eigenvalue weighted by atomic mass is 79.9. The molecule has 4 aliphatic carbocycles. The second-order valence-corrected chi connectivity index (χ2v) is 11.4. The van der Waals surface area contributed by atoms with E-state index in [1.807, 2.05) is 0 Å². The van der Waals surface area contributed by atoms with Gasteiger partial charge in [0, 0.05) is 16.5 Å². The minimum atomic E-state index is -0.990. The van der Waals surface area contributed by atoms with Gasteiger partial charge in [0.05, 0.1) is 22.1 Å². The summed E-state index contributed by atoms with van der Waals surface area (Å²) in [5, 5.41) is 13.4. The molecule has 0 saturated heterocycles. The Morgan fingerprint density at radius 1 is 1.33 bits per heavy atom. The molecule has 3 unspecified atom stereocenters. The Balaban J connectivity index is 1.35. The van der Waals surface area contributed by atoms with E-state index in [2.05, 4.69) is 21.2 Å². The molecule has 4 bridgehead atoms. The van der Waals surface area contributed by atoms with E-state index in [1.54, 1.807) is 0 Å². The first-order valence-electron chi connectivity index (χ1n) is 10.2. The van der Waals surface area contributed by atoms with Gasteiger partial charge in [-0.1, -0.05) is 27.5 Å². The number of hydrogen-bond acceptors (Lipinski definition) is 5. The molecular formula is C21H24BrClN2O5. The van der Waals surface area contributed by atoms with Crippen LogP contribution in [0.3, 0.4) is 0 Å². The average molecular weight is 500 g/mol. The van der Waals surface area contributed by atoms with Gasteiger partial charge in [0.25, 0.3) is 11.6 Å². The standard InChI is InChI=1S/C21H24BrClN2O5/c1-12(19(27)24-17-3-2-15(25(28)29)5-16(17)23)30-18(26)10-20-6-13-4-14(7-20)9-21(22,8-13)11-20/h2-3,5,12-14H,4,6-11H2,1H3,(H,24,27). The fraction of sp³-hybridized carbons (Fsp3) is 0.619. The minimum Gasteiger partial charge on any atom is -0.453 e. The van der Waals surface area contributed by atoms with Crippen LogP contribution in [0.1, 0.15) is 51.9 Å². The largest absolute Gasteiger partial charge is 0.453 e. The molecule has 1 aromatic rings. The van der Waals surface area contributed by atoms with Crippen molar-refractivity contribution in [2.45, 2.75) is 62.3 Å². The maximum absolute atomic E-state index is 12.7. The zero-order valence-electron chi connectivity index (χ0n) is 16.7. The van der Waals surface area contributed by atoms with Gasteiger partial charge in [0.2, 0.25) is 0 Å². The summed E-state index contributed by atoms with van der Waals surface area (Å²) < 4.78 is 5.60. The third kappa shape index (κ3) is 4.35. The molecule has 4 saturated carbocycles. The van der Waals surface area contributed by atoms with Crippen LogP contribution in [0.15, 0.2) is 18.2 Å². The zero-order chi connectivity index (χ0) is 21.7. The summed E-state index contributed by atoms with van der Waals surface area (Å²) in [6, 6.07) is 3.77. The number of nitrogens with zero attached hydrogens (tertiary/aromatic N) is 1. The molecule has 4 fully saturated rings. The van der Waals surface area contributed by atoms with E-state index in [4.69, 9.17) is 16.3 Å². The first-order valence-corrected chi connectivity index (χ1v) is 11.4. The Bertz CT molecular complexity index is 893. The topological polar surface area (TPSA) is 98.5 Å². The molecule has 0 aromatic heterocycles. The first-order chi connectivity index (χ1) is 14.1. The Hall–Kier alpha value is -1.67. The van der Waals surface area contributed by atoms with Gasteiger partial charge in [-0.3, -0.25) is 19.7 Å². The summed E-state index contributed by atoms with van der Waals surface area (Å²) >= 11 is 9.96. The average Bonchev–Trinajstić information content (AvgIpc) is 2.60. The second kappa shape index (κ2) is 7.79. The summed E-state index contributed by atoms with van der Waals surface area (Å²) in [4.78, 5) is 35.3. The lowest BCUT2D eigenvalue weighted by atomic mass is 9.49. The molecule has 7 nitrogen and oxygen atoms in total. The molecule has 0 radical (unpaired) electrons. The van der Waals surface area contributed by atoms with Gasteiger partial charge in [0.15, 0.2) is 6.10 Å². The first kappa shape index (κ1) is 21.6.